The molecule has 0 amide bonds. The van der Waals surface area contributed by atoms with Gasteiger partial charge in [-0.2, -0.15) is 5.26 Å². The molecule has 1 aromatic rings. The highest BCUT2D eigenvalue weighted by atomic mass is 32.1. The highest BCUT2D eigenvalue weighted by Crippen LogP contribution is 2.16. The van der Waals surface area contributed by atoms with Crippen molar-refractivity contribution in [1.82, 2.24) is 4.98 Å². The molecule has 0 radical (unpaired) electrons. The molecule has 4 heteroatoms. The number of nitrogens with zero attached hydrogens (tertiary/aromatic N) is 2. The largest absolute Gasteiger partial charge is 0.365 e. The maximum atomic E-state index is 8.56. The lowest BCUT2D eigenvalue weighted by Gasteiger charge is -1.96. The minimum absolute atomic E-state index is 0.617. The van der Waals surface area contributed by atoms with Gasteiger partial charge in [-0.05, 0) is 0 Å². The zero-order valence-electron chi connectivity index (χ0n) is 5.87. The third-order valence-corrected chi connectivity index (χ3v) is 1.81. The van der Waals surface area contributed by atoms with Gasteiger partial charge >= 0.3 is 0 Å². The van der Waals surface area contributed by atoms with E-state index in [4.69, 9.17) is 5.26 Å². The fraction of sp³-hybridized carbons (Fsp3) is 0.143. The van der Waals surface area contributed by atoms with Crippen LogP contribution in [0.3, 0.4) is 0 Å². The highest BCUT2D eigenvalue weighted by Gasteiger charge is 2.01. The maximum Gasteiger partial charge on any atom is 0.155 e. The summed E-state index contributed by atoms with van der Waals surface area (Å²) in [6.07, 6.45) is 1.72. The van der Waals surface area contributed by atoms with E-state index in [-0.39, 0.29) is 0 Å². The van der Waals surface area contributed by atoms with E-state index >= 15 is 0 Å². The number of rotatable bonds is 3. The van der Waals surface area contributed by atoms with Crippen LogP contribution in [0, 0.1) is 11.3 Å². The molecule has 0 unspecified atom stereocenters. The van der Waals surface area contributed by atoms with Gasteiger partial charge in [0.1, 0.15) is 10.9 Å². The van der Waals surface area contributed by atoms with Crippen LogP contribution in [0.15, 0.2) is 18.2 Å². The number of anilines is 1. The number of nitrogens with one attached hydrogen (secondary N) is 1. The summed E-state index contributed by atoms with van der Waals surface area (Å²) in [4.78, 5) is 4.58. The average Bonchev–Trinajstić information content (AvgIpc) is 2.47. The van der Waals surface area contributed by atoms with Gasteiger partial charge in [0.15, 0.2) is 5.82 Å². The molecule has 11 heavy (non-hydrogen) atoms. The SMILES string of the molecule is C=CCNc1ncsc1C#N. The smallest absolute Gasteiger partial charge is 0.155 e. The quantitative estimate of drug-likeness (QED) is 0.692. The Morgan fingerprint density at radius 3 is 3.36 bits per heavy atom. The molecule has 56 valence electrons. The summed E-state index contributed by atoms with van der Waals surface area (Å²) >= 11 is 1.33. The number of nitriles is 1. The van der Waals surface area contributed by atoms with Crippen LogP contribution in [0.4, 0.5) is 5.82 Å². The molecule has 0 bridgehead atoms. The molecule has 0 aliphatic rings. The van der Waals surface area contributed by atoms with Crippen LogP contribution in [-0.4, -0.2) is 11.5 Å². The van der Waals surface area contributed by atoms with Crippen molar-refractivity contribution in [3.63, 3.8) is 0 Å². The second-order valence-corrected chi connectivity index (χ2v) is 2.67. The van der Waals surface area contributed by atoms with Crippen molar-refractivity contribution in [2.24, 2.45) is 0 Å². The monoisotopic (exact) mass is 165 g/mol. The molecule has 1 heterocycles. The van der Waals surface area contributed by atoms with E-state index in [0.29, 0.717) is 17.2 Å². The number of thiazole rings is 1. The number of aromatic nitrogens is 1. The van der Waals surface area contributed by atoms with Crippen LogP contribution in [0.5, 0.6) is 0 Å². The van der Waals surface area contributed by atoms with Crippen molar-refractivity contribution < 1.29 is 0 Å². The number of hydrogen-bond donors (Lipinski definition) is 1. The molecule has 0 aliphatic carbocycles. The lowest BCUT2D eigenvalue weighted by Crippen LogP contribution is -1.98. The zero-order valence-corrected chi connectivity index (χ0v) is 6.69. The first-order valence-corrected chi connectivity index (χ1v) is 3.94. The molecule has 0 spiro atoms. The zero-order chi connectivity index (χ0) is 8.10. The van der Waals surface area contributed by atoms with Crippen LogP contribution < -0.4 is 5.32 Å². The molecule has 0 atom stereocenters. The summed E-state index contributed by atoms with van der Waals surface area (Å²) in [5.41, 5.74) is 1.64. The second-order valence-electron chi connectivity index (χ2n) is 1.81. The van der Waals surface area contributed by atoms with Gasteiger partial charge in [0.05, 0.1) is 5.51 Å². The van der Waals surface area contributed by atoms with Crippen molar-refractivity contribution >= 4 is 17.2 Å². The summed E-state index contributed by atoms with van der Waals surface area (Å²) in [7, 11) is 0. The molecule has 0 saturated carbocycles. The van der Waals surface area contributed by atoms with Gasteiger partial charge in [0.2, 0.25) is 0 Å². The average molecular weight is 165 g/mol. The van der Waals surface area contributed by atoms with E-state index in [9.17, 15) is 0 Å². The highest BCUT2D eigenvalue weighted by molar-refractivity contribution is 7.10. The Morgan fingerprint density at radius 1 is 1.91 bits per heavy atom. The summed E-state index contributed by atoms with van der Waals surface area (Å²) in [6, 6.07) is 2.04. The number of hydrogen-bond acceptors (Lipinski definition) is 4. The Bertz CT molecular complexity index is 284. The standard InChI is InChI=1S/C7H7N3S/c1-2-3-9-7-6(4-8)11-5-10-7/h2,5,9H,1,3H2. The van der Waals surface area contributed by atoms with Gasteiger partial charge in [-0.3, -0.25) is 0 Å². The summed E-state index contributed by atoms with van der Waals surface area (Å²) in [5.74, 6) is 0.650. The van der Waals surface area contributed by atoms with Gasteiger partial charge in [-0.1, -0.05) is 6.08 Å². The second kappa shape index (κ2) is 3.74. The van der Waals surface area contributed by atoms with E-state index < -0.39 is 0 Å². The van der Waals surface area contributed by atoms with Crippen molar-refractivity contribution in [3.8, 4) is 6.07 Å². The van der Waals surface area contributed by atoms with Crippen LogP contribution in [0.25, 0.3) is 0 Å². The van der Waals surface area contributed by atoms with Gasteiger partial charge in [0, 0.05) is 6.54 Å². The maximum absolute atomic E-state index is 8.56. The van der Waals surface area contributed by atoms with Crippen LogP contribution in [0.1, 0.15) is 4.88 Å². The minimum atomic E-state index is 0.617. The normalized spacial score (nSPS) is 8.64. The molecule has 1 N–H and O–H groups in total. The van der Waals surface area contributed by atoms with Crippen LogP contribution >= 0.6 is 11.3 Å². The lowest BCUT2D eigenvalue weighted by molar-refractivity contribution is 1.26. The predicted molar refractivity (Wildman–Crippen MR) is 45.5 cm³/mol. The predicted octanol–water partition coefficient (Wildman–Crippen LogP) is 1.61. The van der Waals surface area contributed by atoms with Gasteiger partial charge in [-0.25, -0.2) is 4.98 Å². The summed E-state index contributed by atoms with van der Waals surface area (Å²) in [6.45, 7) is 4.18. The fourth-order valence-electron chi connectivity index (χ4n) is 0.620. The Kier molecular flexibility index (Phi) is 2.64. The lowest BCUT2D eigenvalue weighted by atomic mass is 10.5. The molecule has 0 saturated heterocycles. The third kappa shape index (κ3) is 1.79. The van der Waals surface area contributed by atoms with Crippen molar-refractivity contribution in [2.75, 3.05) is 11.9 Å². The molecular weight excluding hydrogens is 158 g/mol. The first kappa shape index (κ1) is 7.76. The Hall–Kier alpha value is -1.34. The summed E-state index contributed by atoms with van der Waals surface area (Å²) < 4.78 is 0. The van der Waals surface area contributed by atoms with E-state index in [2.05, 4.69) is 16.9 Å². The molecule has 0 aromatic carbocycles. The van der Waals surface area contributed by atoms with E-state index in [1.807, 2.05) is 6.07 Å². The molecule has 1 rings (SSSR count). The van der Waals surface area contributed by atoms with Gasteiger partial charge in [0.25, 0.3) is 0 Å². The molecule has 0 fully saturated rings. The Balaban J connectivity index is 2.70. The van der Waals surface area contributed by atoms with Gasteiger partial charge in [-0.15, -0.1) is 17.9 Å². The topological polar surface area (TPSA) is 48.7 Å². The first-order valence-electron chi connectivity index (χ1n) is 3.07. The Morgan fingerprint density at radius 2 is 2.73 bits per heavy atom. The summed E-state index contributed by atoms with van der Waals surface area (Å²) in [5, 5.41) is 11.5. The van der Waals surface area contributed by atoms with E-state index in [1.54, 1.807) is 11.6 Å². The van der Waals surface area contributed by atoms with E-state index in [0.717, 1.165) is 0 Å². The van der Waals surface area contributed by atoms with Gasteiger partial charge < -0.3 is 5.32 Å². The first-order chi connectivity index (χ1) is 5.38. The fourth-order valence-corrected chi connectivity index (χ4v) is 1.17. The van der Waals surface area contributed by atoms with Crippen molar-refractivity contribution in [3.05, 3.63) is 23.0 Å². The van der Waals surface area contributed by atoms with Crippen molar-refractivity contribution in [1.29, 1.82) is 5.26 Å². The van der Waals surface area contributed by atoms with E-state index in [1.165, 1.54) is 11.3 Å². The molecule has 1 aromatic heterocycles. The van der Waals surface area contributed by atoms with Crippen LogP contribution in [0.2, 0.25) is 0 Å². The van der Waals surface area contributed by atoms with Crippen LogP contribution in [-0.2, 0) is 0 Å². The van der Waals surface area contributed by atoms with Crippen molar-refractivity contribution in [2.45, 2.75) is 0 Å². The molecule has 3 nitrogen and oxygen atoms in total. The minimum Gasteiger partial charge on any atom is -0.365 e. The Labute approximate surface area is 69.0 Å². The molecular formula is C7H7N3S. The third-order valence-electron chi connectivity index (χ3n) is 1.08. The molecule has 0 aliphatic heterocycles.